The van der Waals surface area contributed by atoms with Gasteiger partial charge in [-0.2, -0.15) is 4.98 Å². The molecule has 0 fully saturated rings. The first kappa shape index (κ1) is 45.1. The Morgan fingerprint density at radius 2 is 1.43 bits per heavy atom. The number of alkyl halides is 2. The number of aliphatic hydroxyl groups excluding tert-OH is 2. The Morgan fingerprint density at radius 1 is 0.918 bits per heavy atom. The van der Waals surface area contributed by atoms with Crippen molar-refractivity contribution in [2.45, 2.75) is 84.1 Å². The first-order valence-corrected chi connectivity index (χ1v) is 15.6. The molecule has 3 unspecified atom stereocenters. The van der Waals surface area contributed by atoms with Gasteiger partial charge in [0.1, 0.15) is 42.1 Å². The van der Waals surface area contributed by atoms with Crippen LogP contribution in [0.2, 0.25) is 0 Å². The summed E-state index contributed by atoms with van der Waals surface area (Å²) in [6.45, 7) is 3.10. The van der Waals surface area contributed by atoms with Crippen LogP contribution in [0.15, 0.2) is 29.3 Å². The molecular formula is C29H46BF4N10O4P. The number of nitrogens with one attached hydrogen (secondary N) is 2. The van der Waals surface area contributed by atoms with Gasteiger partial charge in [-0.05, 0) is 12.8 Å². The van der Waals surface area contributed by atoms with Crippen molar-refractivity contribution in [1.29, 1.82) is 0 Å². The van der Waals surface area contributed by atoms with Gasteiger partial charge in [0.2, 0.25) is 11.9 Å². The number of aromatic nitrogens is 6. The van der Waals surface area contributed by atoms with E-state index in [2.05, 4.69) is 35.2 Å². The molecule has 0 spiro atoms. The summed E-state index contributed by atoms with van der Waals surface area (Å²) in [4.78, 5) is 32.6. The average Bonchev–Trinajstić information content (AvgIpc) is 3.05. The number of rotatable bonds is 12. The van der Waals surface area contributed by atoms with Gasteiger partial charge in [0, 0.05) is 18.2 Å². The maximum absolute atomic E-state index is 13.2. The molecule has 4 aromatic rings. The molecule has 0 aliphatic carbocycles. The summed E-state index contributed by atoms with van der Waals surface area (Å²) >= 11 is 0. The Balaban J connectivity index is 0.000000727. The zero-order valence-electron chi connectivity index (χ0n) is 26.6. The molecule has 0 radical (unpaired) electrons. The van der Waals surface area contributed by atoms with Crippen LogP contribution in [0.25, 0.3) is 22.1 Å². The number of nitrogen functional groups attached to an aromatic ring is 2. The first-order chi connectivity index (χ1) is 22.8. The fourth-order valence-corrected chi connectivity index (χ4v) is 3.95. The zero-order valence-corrected chi connectivity index (χ0v) is 27.8. The van der Waals surface area contributed by atoms with Crippen molar-refractivity contribution in [1.82, 2.24) is 29.9 Å². The molecule has 4 heterocycles. The second kappa shape index (κ2) is 24.2. The molecule has 0 saturated carbocycles. The van der Waals surface area contributed by atoms with E-state index in [0.717, 1.165) is 44.1 Å². The van der Waals surface area contributed by atoms with E-state index in [9.17, 15) is 27.5 Å². The number of pyridine rings is 2. The van der Waals surface area contributed by atoms with Crippen LogP contribution >= 0.6 is 9.12 Å². The molecule has 5 atom stereocenters. The van der Waals surface area contributed by atoms with E-state index in [1.807, 2.05) is 23.0 Å². The molecule has 49 heavy (non-hydrogen) atoms. The minimum absolute atomic E-state index is 0. The molecule has 0 bridgehead atoms. The Morgan fingerprint density at radius 3 is 1.96 bits per heavy atom. The fraction of sp³-hybridized carbons (Fsp3) is 0.517. The topological polar surface area (TPSA) is 245 Å². The third-order valence-electron chi connectivity index (χ3n) is 6.41. The zero-order chi connectivity index (χ0) is 36.2. The Kier molecular flexibility index (Phi) is 22.3. The van der Waals surface area contributed by atoms with Crippen LogP contribution in [0.5, 0.6) is 0 Å². The van der Waals surface area contributed by atoms with Crippen molar-refractivity contribution in [2.75, 3.05) is 30.1 Å². The number of nitrogens with two attached hydrogens (primary N) is 3. The van der Waals surface area contributed by atoms with Crippen molar-refractivity contribution >= 4 is 55.8 Å². The van der Waals surface area contributed by atoms with E-state index < -0.39 is 48.8 Å². The number of H-pyrrole nitrogens is 1. The number of nitrogens with zero attached hydrogens (tertiary/aromatic N) is 5. The van der Waals surface area contributed by atoms with Crippen molar-refractivity contribution in [2.24, 2.45) is 5.73 Å². The molecule has 20 heteroatoms. The number of anilines is 3. The van der Waals surface area contributed by atoms with Gasteiger partial charge in [0.05, 0.1) is 30.1 Å². The van der Waals surface area contributed by atoms with Crippen LogP contribution in [-0.2, 0) is 4.70 Å². The third-order valence-corrected chi connectivity index (χ3v) is 6.41. The monoisotopic (exact) mass is 716 g/mol. The van der Waals surface area contributed by atoms with Crippen molar-refractivity contribution in [3.05, 3.63) is 46.5 Å². The van der Waals surface area contributed by atoms with Crippen LogP contribution in [0.4, 0.5) is 35.3 Å². The summed E-state index contributed by atoms with van der Waals surface area (Å²) < 4.78 is 59.2. The first-order valence-electron chi connectivity index (χ1n) is 14.9. The normalized spacial score (nSPS) is 12.7. The van der Waals surface area contributed by atoms with E-state index in [4.69, 9.17) is 27.0 Å². The van der Waals surface area contributed by atoms with Crippen molar-refractivity contribution in [3.63, 3.8) is 0 Å². The Hall–Kier alpha value is -3.93. The average molecular weight is 717 g/mol. The predicted octanol–water partition coefficient (Wildman–Crippen LogP) is 3.38. The van der Waals surface area contributed by atoms with E-state index in [0.29, 0.717) is 25.2 Å². The van der Waals surface area contributed by atoms with Crippen LogP contribution in [0.3, 0.4) is 0 Å². The van der Waals surface area contributed by atoms with Gasteiger partial charge in [-0.25, -0.2) is 37.5 Å². The second-order valence-electron chi connectivity index (χ2n) is 10.2. The van der Waals surface area contributed by atoms with E-state index in [-0.39, 0.29) is 47.7 Å². The maximum atomic E-state index is 13.2. The molecule has 14 nitrogen and oxygen atoms in total. The number of hydrogen-bond acceptors (Lipinski definition) is 13. The summed E-state index contributed by atoms with van der Waals surface area (Å²) in [5.74, 6) is -0.930. The Bertz CT molecular complexity index is 1600. The Labute approximate surface area is 284 Å². The minimum atomic E-state index is -1.17. The number of aromatic amines is 1. The van der Waals surface area contributed by atoms with Crippen LogP contribution in [-0.4, -0.2) is 84.6 Å². The predicted molar refractivity (Wildman–Crippen MR) is 188 cm³/mol. The summed E-state index contributed by atoms with van der Waals surface area (Å²) in [5, 5.41) is 21.6. The standard InChI is InChI=1S/C14H19F2N5O.C7H5FN4O.C7H16FNO.CH4.BH2OP/c1-2-3-4-9(11(22)6-15)19-13-12-10(20-14(17)21-13)5-8(16)7-18-12;8-3-1-4-5(10-2-3)6(13)12-7(9)11-4;1-2-3-4-6(9)7(10)5-8;;2-1-3/h5,7,9,11,22H,2-4,6H2,1H3,(H3,17,19,20,21);1-2H,(H3,9,11,12,13);6-7,10H,2-5,9H2,1H3;1H4;3H2/t9-,11?;;6-,7?;;/m1.1../s1. The van der Waals surface area contributed by atoms with Gasteiger partial charge < -0.3 is 32.7 Å². The molecule has 272 valence electrons. The van der Waals surface area contributed by atoms with Gasteiger partial charge in [0.25, 0.3) is 5.56 Å². The van der Waals surface area contributed by atoms with Crippen molar-refractivity contribution in [3.8, 4) is 0 Å². The van der Waals surface area contributed by atoms with Gasteiger partial charge in [-0.3, -0.25) is 9.78 Å². The molecule has 0 aromatic carbocycles. The molecule has 10 N–H and O–H groups in total. The summed E-state index contributed by atoms with van der Waals surface area (Å²) in [7, 11) is 1.90. The van der Waals surface area contributed by atoms with Gasteiger partial charge >= 0.3 is 20.7 Å². The molecule has 4 rings (SSSR count). The van der Waals surface area contributed by atoms with Crippen LogP contribution < -0.4 is 28.1 Å². The molecule has 4 aromatic heterocycles. The summed E-state index contributed by atoms with van der Waals surface area (Å²) in [6.07, 6.45) is 4.85. The molecule has 0 amide bonds. The molecule has 0 saturated heterocycles. The van der Waals surface area contributed by atoms with E-state index in [1.165, 1.54) is 6.07 Å². The van der Waals surface area contributed by atoms with E-state index >= 15 is 0 Å². The molecule has 0 aliphatic heterocycles. The van der Waals surface area contributed by atoms with Crippen molar-refractivity contribution < 1.29 is 32.5 Å². The third kappa shape index (κ3) is 15.9. The van der Waals surface area contributed by atoms with Gasteiger partial charge in [-0.1, -0.05) is 47.0 Å². The summed E-state index contributed by atoms with van der Waals surface area (Å²) in [6, 6.07) is 1.38. The SMILES string of the molecule is C.CCCC[C@@H](N)C(O)CF.CCCC[C@@H](Nc1nc(N)nc2cc(F)cnc12)C(O)CF.Nc1nc2cc(F)cnc2c(=O)[nH]1.O=BP. The van der Waals surface area contributed by atoms with Gasteiger partial charge in [-0.15, -0.1) is 0 Å². The van der Waals surface area contributed by atoms with Crippen LogP contribution in [0, 0.1) is 11.6 Å². The quantitative estimate of drug-likeness (QED) is 0.0632. The van der Waals surface area contributed by atoms with E-state index in [1.54, 1.807) is 0 Å². The number of aliphatic hydroxyl groups is 2. The number of unbranched alkanes of at least 4 members (excludes halogenated alkanes) is 2. The summed E-state index contributed by atoms with van der Waals surface area (Å²) in [5.41, 5.74) is 16.6. The molecular weight excluding hydrogens is 670 g/mol. The molecule has 0 aliphatic rings. The second-order valence-corrected chi connectivity index (χ2v) is 10.5. The van der Waals surface area contributed by atoms with Crippen LogP contribution in [0.1, 0.15) is 59.8 Å². The number of halogens is 4. The number of hydrogen-bond donors (Lipinski definition) is 7. The fourth-order valence-electron chi connectivity index (χ4n) is 3.95. The van der Waals surface area contributed by atoms with Gasteiger partial charge in [0.15, 0.2) is 11.3 Å². The number of fused-ring (bicyclic) bond motifs is 2.